The van der Waals surface area contributed by atoms with Crippen LogP contribution in [0.2, 0.25) is 0 Å². The third-order valence-electron chi connectivity index (χ3n) is 5.70. The van der Waals surface area contributed by atoms with Crippen LogP contribution >= 0.6 is 0 Å². The van der Waals surface area contributed by atoms with E-state index >= 15 is 0 Å². The fourth-order valence-electron chi connectivity index (χ4n) is 4.32. The summed E-state index contributed by atoms with van der Waals surface area (Å²) in [6, 6.07) is 7.14. The van der Waals surface area contributed by atoms with Crippen LogP contribution in [-0.4, -0.2) is 27.0 Å². The maximum absolute atomic E-state index is 12.5. The van der Waals surface area contributed by atoms with Gasteiger partial charge in [0.05, 0.1) is 24.9 Å². The number of nitrogens with one attached hydrogen (secondary N) is 1. The molecule has 1 saturated carbocycles. The van der Waals surface area contributed by atoms with Crippen LogP contribution in [0.3, 0.4) is 0 Å². The molecule has 7 nitrogen and oxygen atoms in total. The second-order valence-corrected chi connectivity index (χ2v) is 7.58. The Morgan fingerprint density at radius 3 is 2.82 bits per heavy atom. The number of fused-ring (bicyclic) bond motifs is 1. The molecule has 2 heterocycles. The van der Waals surface area contributed by atoms with E-state index in [1.807, 2.05) is 17.0 Å². The van der Waals surface area contributed by atoms with Crippen molar-refractivity contribution in [1.82, 2.24) is 9.97 Å². The molecule has 0 radical (unpaired) electrons. The van der Waals surface area contributed by atoms with Crippen molar-refractivity contribution in [3.05, 3.63) is 53.1 Å². The largest absolute Gasteiger partial charge is 0.390 e. The Morgan fingerprint density at radius 1 is 1.39 bits per heavy atom. The van der Waals surface area contributed by atoms with E-state index in [9.17, 15) is 9.90 Å². The molecule has 2 aromatic rings. The van der Waals surface area contributed by atoms with Gasteiger partial charge in [0.25, 0.3) is 0 Å². The molecule has 0 spiro atoms. The number of hydrogen-bond acceptors (Lipinski definition) is 5. The lowest BCUT2D eigenvalue weighted by atomic mass is 9.80. The zero-order valence-corrected chi connectivity index (χ0v) is 16.0. The van der Waals surface area contributed by atoms with E-state index in [-0.39, 0.29) is 30.5 Å². The molecule has 0 bridgehead atoms. The van der Waals surface area contributed by atoms with Gasteiger partial charge in [-0.3, -0.25) is 4.79 Å². The Morgan fingerprint density at radius 2 is 2.18 bits per heavy atom. The van der Waals surface area contributed by atoms with Crippen molar-refractivity contribution in [2.24, 2.45) is 11.8 Å². The van der Waals surface area contributed by atoms with E-state index in [1.165, 1.54) is 0 Å². The van der Waals surface area contributed by atoms with Crippen molar-refractivity contribution in [2.45, 2.75) is 45.4 Å². The Labute approximate surface area is 164 Å². The lowest BCUT2D eigenvalue weighted by Gasteiger charge is -2.45. The number of aliphatic hydroxyl groups is 1. The molecule has 0 saturated heterocycles. The molecule has 4 rings (SSSR count). The summed E-state index contributed by atoms with van der Waals surface area (Å²) >= 11 is 0. The Kier molecular flexibility index (Phi) is 4.73. The van der Waals surface area contributed by atoms with Crippen LogP contribution in [0.4, 0.5) is 17.3 Å². The van der Waals surface area contributed by atoms with Gasteiger partial charge in [-0.1, -0.05) is 13.0 Å². The monoisotopic (exact) mass is 377 g/mol. The van der Waals surface area contributed by atoms with Gasteiger partial charge in [-0.25, -0.2) is 14.8 Å². The molecule has 144 valence electrons. The first-order valence-electron chi connectivity index (χ1n) is 9.54. The molecule has 3 atom stereocenters. The fraction of sp³-hybridized carbons (Fsp3) is 0.429. The summed E-state index contributed by atoms with van der Waals surface area (Å²) in [4.78, 5) is 26.7. The number of anilines is 2. The number of aromatic nitrogens is 2. The number of rotatable bonds is 4. The van der Waals surface area contributed by atoms with Crippen LogP contribution in [0.15, 0.2) is 30.5 Å². The summed E-state index contributed by atoms with van der Waals surface area (Å²) in [6.07, 6.45) is 3.86. The average molecular weight is 377 g/mol. The van der Waals surface area contributed by atoms with Crippen molar-refractivity contribution in [3.8, 4) is 0 Å². The number of benzene rings is 1. The topological polar surface area (TPSA) is 82.7 Å². The maximum atomic E-state index is 12.5. The predicted molar refractivity (Wildman–Crippen MR) is 106 cm³/mol. The number of nitrogens with zero attached hydrogens (tertiary/aromatic N) is 4. The van der Waals surface area contributed by atoms with Gasteiger partial charge in [0, 0.05) is 30.8 Å². The van der Waals surface area contributed by atoms with Crippen LogP contribution in [0.25, 0.3) is 4.85 Å². The lowest BCUT2D eigenvalue weighted by Crippen LogP contribution is -2.51. The summed E-state index contributed by atoms with van der Waals surface area (Å²) in [5, 5.41) is 12.8. The third-order valence-corrected chi connectivity index (χ3v) is 5.70. The average Bonchev–Trinajstić information content (AvgIpc) is 3.54. The molecule has 7 heteroatoms. The van der Waals surface area contributed by atoms with Crippen molar-refractivity contribution in [2.75, 3.05) is 10.2 Å². The molecule has 1 amide bonds. The molecule has 2 N–H and O–H groups in total. The van der Waals surface area contributed by atoms with Gasteiger partial charge in [0.1, 0.15) is 0 Å². The van der Waals surface area contributed by atoms with Crippen LogP contribution in [0.1, 0.15) is 44.0 Å². The van der Waals surface area contributed by atoms with E-state index in [2.05, 4.69) is 27.1 Å². The zero-order chi connectivity index (χ0) is 19.8. The molecule has 1 aromatic heterocycles. The SMILES string of the molecule is [C-]#[N+]c1ccc2c(c1)[C@H](Nc1nccc(CO)n1)[C@@H](C)[C@H](C1CC1)N2C(C)=O. The standard InChI is InChI=1S/C21H23N5O2/c1-12-19(25-21-23-9-8-16(11-27)24-21)17-10-15(22-3)6-7-18(17)26(13(2)28)20(12)14-4-5-14/h6-10,12,14,19-20,27H,4-5,11H2,1-2H3,(H,23,24,25)/t12-,19-,20-/m1/s1. The van der Waals surface area contributed by atoms with Gasteiger partial charge in [-0.2, -0.15) is 0 Å². The summed E-state index contributed by atoms with van der Waals surface area (Å²) in [5.41, 5.74) is 2.84. The van der Waals surface area contributed by atoms with Gasteiger partial charge in [-0.15, -0.1) is 0 Å². The normalized spacial score (nSPS) is 23.6. The highest BCUT2D eigenvalue weighted by atomic mass is 16.3. The molecule has 2 aliphatic rings. The minimum Gasteiger partial charge on any atom is -0.390 e. The second-order valence-electron chi connectivity index (χ2n) is 7.58. The first-order chi connectivity index (χ1) is 13.5. The fourth-order valence-corrected chi connectivity index (χ4v) is 4.32. The molecule has 1 aliphatic heterocycles. The lowest BCUT2D eigenvalue weighted by molar-refractivity contribution is -0.117. The quantitative estimate of drug-likeness (QED) is 0.798. The minimum atomic E-state index is -0.154. The molecular weight excluding hydrogens is 354 g/mol. The van der Waals surface area contributed by atoms with E-state index in [0.717, 1.165) is 24.1 Å². The van der Waals surface area contributed by atoms with E-state index < -0.39 is 0 Å². The smallest absolute Gasteiger partial charge is 0.224 e. The summed E-state index contributed by atoms with van der Waals surface area (Å²) in [5.74, 6) is 1.07. The zero-order valence-electron chi connectivity index (χ0n) is 16.0. The van der Waals surface area contributed by atoms with Crippen LogP contribution in [-0.2, 0) is 11.4 Å². The van der Waals surface area contributed by atoms with Crippen molar-refractivity contribution in [3.63, 3.8) is 0 Å². The Balaban J connectivity index is 1.80. The van der Waals surface area contributed by atoms with Crippen molar-refractivity contribution < 1.29 is 9.90 Å². The van der Waals surface area contributed by atoms with Crippen molar-refractivity contribution >= 4 is 23.2 Å². The predicted octanol–water partition coefficient (Wildman–Crippen LogP) is 3.45. The number of carbonyl (C=O) groups is 1. The van der Waals surface area contributed by atoms with Gasteiger partial charge >= 0.3 is 0 Å². The summed E-state index contributed by atoms with van der Waals surface area (Å²) < 4.78 is 0. The molecule has 28 heavy (non-hydrogen) atoms. The summed E-state index contributed by atoms with van der Waals surface area (Å²) in [6.45, 7) is 11.0. The third kappa shape index (κ3) is 3.20. The second kappa shape index (κ2) is 7.21. The van der Waals surface area contributed by atoms with Gasteiger partial charge in [0.2, 0.25) is 11.9 Å². The molecule has 0 unspecified atom stereocenters. The number of carbonyl (C=O) groups excluding carboxylic acids is 1. The molecule has 1 fully saturated rings. The Bertz CT molecular complexity index is 950. The molecular formula is C21H23N5O2. The molecule has 1 aliphatic carbocycles. The number of aliphatic hydroxyl groups excluding tert-OH is 1. The van der Waals surface area contributed by atoms with Crippen LogP contribution in [0, 0.1) is 18.4 Å². The van der Waals surface area contributed by atoms with E-state index in [4.69, 9.17) is 6.57 Å². The Hall–Kier alpha value is -2.98. The molecule has 1 aromatic carbocycles. The van der Waals surface area contributed by atoms with Gasteiger partial charge in [-0.05, 0) is 42.5 Å². The van der Waals surface area contributed by atoms with E-state index in [1.54, 1.807) is 25.3 Å². The highest BCUT2D eigenvalue weighted by molar-refractivity contribution is 5.94. The van der Waals surface area contributed by atoms with E-state index in [0.29, 0.717) is 23.2 Å². The maximum Gasteiger partial charge on any atom is 0.224 e. The van der Waals surface area contributed by atoms with Crippen LogP contribution in [0.5, 0.6) is 0 Å². The van der Waals surface area contributed by atoms with Gasteiger partial charge in [0.15, 0.2) is 5.69 Å². The first kappa shape index (κ1) is 18.4. The highest BCUT2D eigenvalue weighted by Gasteiger charge is 2.47. The number of hydrogen-bond donors (Lipinski definition) is 2. The first-order valence-corrected chi connectivity index (χ1v) is 9.54. The minimum absolute atomic E-state index is 0.0255. The highest BCUT2D eigenvalue weighted by Crippen LogP contribution is 2.50. The van der Waals surface area contributed by atoms with Gasteiger partial charge < -0.3 is 15.3 Å². The summed E-state index contributed by atoms with van der Waals surface area (Å²) in [7, 11) is 0. The number of amides is 1. The van der Waals surface area contributed by atoms with Crippen LogP contribution < -0.4 is 10.2 Å². The van der Waals surface area contributed by atoms with Crippen molar-refractivity contribution in [1.29, 1.82) is 0 Å².